The summed E-state index contributed by atoms with van der Waals surface area (Å²) in [5, 5.41) is 4.72. The van der Waals surface area contributed by atoms with E-state index >= 15 is 0 Å². The molecule has 0 saturated carbocycles. The number of nitrogen functional groups attached to an aromatic ring is 1. The fourth-order valence-corrected chi connectivity index (χ4v) is 8.17. The number of hydrogen-bond donors (Lipinski definition) is 2. The highest BCUT2D eigenvalue weighted by molar-refractivity contribution is 6.04. The molecule has 3 N–H and O–H groups in total. The highest BCUT2D eigenvalue weighted by atomic mass is 15.3. The predicted octanol–water partition coefficient (Wildman–Crippen LogP) is 9.84. The van der Waals surface area contributed by atoms with Crippen LogP contribution in [-0.4, -0.2) is 23.1 Å². The van der Waals surface area contributed by atoms with Crippen molar-refractivity contribution in [2.75, 3.05) is 15.5 Å². The van der Waals surface area contributed by atoms with E-state index in [2.05, 4.69) is 147 Å². The fourth-order valence-electron chi connectivity index (χ4n) is 8.17. The molecule has 5 aromatic carbocycles. The molecule has 0 saturated heterocycles. The molecule has 0 aliphatic carbocycles. The third-order valence-corrected chi connectivity index (χ3v) is 10.3. The van der Waals surface area contributed by atoms with Crippen LogP contribution in [0.1, 0.15) is 23.6 Å². The molecule has 4 aliphatic rings. The number of nitrogens with zero attached hydrogens (tertiary/aromatic N) is 4. The molecule has 0 bridgehead atoms. The molecule has 6 aromatic rings. The zero-order valence-electron chi connectivity index (χ0n) is 27.5. The zero-order valence-corrected chi connectivity index (χ0v) is 27.5. The first-order valence-electron chi connectivity index (χ1n) is 17.1. The monoisotopic (exact) mass is 646 g/mol. The van der Waals surface area contributed by atoms with Crippen molar-refractivity contribution in [3.8, 4) is 16.8 Å². The standard InChI is InChI=1S/C44H34N6/c1-2-10-34-37-26-29(18-20-40(37)48(42(34)45)30-12-4-3-5-13-30)28-11-8-14-31(25-28)49-41-21-19-32(27-38(41)36-22-24-47-44(36)49)50-39-17-7-6-15-33(39)35-16-9-23-46-43(35)50/h2-27,43-44,46H,45H2,1H3/b10-2-. The van der Waals surface area contributed by atoms with Gasteiger partial charge in [-0.3, -0.25) is 9.56 Å². The summed E-state index contributed by atoms with van der Waals surface area (Å²) in [4.78, 5) is 9.74. The average Bonchev–Trinajstić information content (AvgIpc) is 3.91. The van der Waals surface area contributed by atoms with Crippen molar-refractivity contribution in [3.63, 3.8) is 0 Å². The van der Waals surface area contributed by atoms with E-state index < -0.39 is 0 Å². The maximum absolute atomic E-state index is 6.81. The molecule has 240 valence electrons. The maximum atomic E-state index is 6.81. The van der Waals surface area contributed by atoms with Gasteiger partial charge in [-0.2, -0.15) is 0 Å². The molecular formula is C44H34N6. The number of aliphatic imine (C=N–C) groups is 1. The molecule has 2 atom stereocenters. The summed E-state index contributed by atoms with van der Waals surface area (Å²) in [5.41, 5.74) is 21.9. The van der Waals surface area contributed by atoms with Gasteiger partial charge in [0.25, 0.3) is 0 Å². The minimum atomic E-state index is -0.101. The quantitative estimate of drug-likeness (QED) is 0.196. The number of allylic oxidation sites excluding steroid dienone is 4. The Balaban J connectivity index is 1.05. The van der Waals surface area contributed by atoms with Crippen molar-refractivity contribution in [1.82, 2.24) is 9.88 Å². The summed E-state index contributed by atoms with van der Waals surface area (Å²) in [6.45, 7) is 2.03. The van der Waals surface area contributed by atoms with E-state index in [1.54, 1.807) is 0 Å². The van der Waals surface area contributed by atoms with Gasteiger partial charge < -0.3 is 20.9 Å². The van der Waals surface area contributed by atoms with E-state index in [9.17, 15) is 0 Å². The lowest BCUT2D eigenvalue weighted by molar-refractivity contribution is 0.737. The number of dihydropyridines is 1. The van der Waals surface area contributed by atoms with Crippen LogP contribution in [0.3, 0.4) is 0 Å². The lowest BCUT2D eigenvalue weighted by atomic mass is 10.0. The Morgan fingerprint density at radius 3 is 2.40 bits per heavy atom. The topological polar surface area (TPSA) is 61.8 Å². The number of aromatic nitrogens is 1. The number of hydrogen-bond acceptors (Lipinski definition) is 5. The Hall–Kier alpha value is -6.53. The Morgan fingerprint density at radius 2 is 1.50 bits per heavy atom. The van der Waals surface area contributed by atoms with Crippen molar-refractivity contribution in [2.24, 2.45) is 4.99 Å². The molecule has 0 fully saturated rings. The first-order valence-corrected chi connectivity index (χ1v) is 17.1. The van der Waals surface area contributed by atoms with Gasteiger partial charge in [0.15, 0.2) is 6.17 Å². The van der Waals surface area contributed by atoms with Gasteiger partial charge in [0.1, 0.15) is 12.0 Å². The Kier molecular flexibility index (Phi) is 6.27. The predicted molar refractivity (Wildman–Crippen MR) is 209 cm³/mol. The average molecular weight is 647 g/mol. The minimum absolute atomic E-state index is 0.0554. The van der Waals surface area contributed by atoms with Gasteiger partial charge in [0, 0.05) is 56.5 Å². The van der Waals surface area contributed by atoms with Gasteiger partial charge in [0.05, 0.1) is 16.9 Å². The number of rotatable bonds is 5. The molecule has 4 aliphatic heterocycles. The minimum Gasteiger partial charge on any atom is -0.384 e. The van der Waals surface area contributed by atoms with Crippen LogP contribution in [0.25, 0.3) is 44.9 Å². The van der Waals surface area contributed by atoms with E-state index in [-0.39, 0.29) is 12.3 Å². The van der Waals surface area contributed by atoms with Crippen molar-refractivity contribution >= 4 is 62.9 Å². The molecule has 0 spiro atoms. The summed E-state index contributed by atoms with van der Waals surface area (Å²) >= 11 is 0. The van der Waals surface area contributed by atoms with Crippen molar-refractivity contribution in [2.45, 2.75) is 19.3 Å². The lowest BCUT2D eigenvalue weighted by Crippen LogP contribution is -2.38. The van der Waals surface area contributed by atoms with Crippen LogP contribution in [0.15, 0.2) is 151 Å². The first kappa shape index (κ1) is 28.5. The molecule has 6 heteroatoms. The van der Waals surface area contributed by atoms with Crippen LogP contribution in [0, 0.1) is 0 Å². The maximum Gasteiger partial charge on any atom is 0.152 e. The smallest absolute Gasteiger partial charge is 0.152 e. The van der Waals surface area contributed by atoms with E-state index in [0.29, 0.717) is 0 Å². The van der Waals surface area contributed by atoms with Gasteiger partial charge in [-0.25, -0.2) is 0 Å². The van der Waals surface area contributed by atoms with E-state index in [1.807, 2.05) is 37.5 Å². The molecule has 6 nitrogen and oxygen atoms in total. The van der Waals surface area contributed by atoms with Crippen LogP contribution >= 0.6 is 0 Å². The lowest BCUT2D eigenvalue weighted by Gasteiger charge is -2.30. The summed E-state index contributed by atoms with van der Waals surface area (Å²) in [7, 11) is 0. The van der Waals surface area contributed by atoms with Crippen molar-refractivity contribution in [3.05, 3.63) is 162 Å². The number of para-hydroxylation sites is 2. The van der Waals surface area contributed by atoms with E-state index in [0.717, 1.165) is 56.2 Å². The van der Waals surface area contributed by atoms with Gasteiger partial charge >= 0.3 is 0 Å². The summed E-state index contributed by atoms with van der Waals surface area (Å²) in [5.74, 6) is 0.738. The zero-order chi connectivity index (χ0) is 33.3. The molecule has 1 aromatic heterocycles. The number of benzene rings is 5. The van der Waals surface area contributed by atoms with E-state index in [1.165, 1.54) is 28.0 Å². The van der Waals surface area contributed by atoms with Gasteiger partial charge in [-0.1, -0.05) is 72.8 Å². The second-order valence-corrected chi connectivity index (χ2v) is 13.1. The third-order valence-electron chi connectivity index (χ3n) is 10.3. The molecule has 50 heavy (non-hydrogen) atoms. The van der Waals surface area contributed by atoms with Crippen LogP contribution in [0.2, 0.25) is 0 Å². The second-order valence-electron chi connectivity index (χ2n) is 13.1. The van der Waals surface area contributed by atoms with Crippen molar-refractivity contribution in [1.29, 1.82) is 0 Å². The fraction of sp³-hybridized carbons (Fsp3) is 0.0682. The molecular weight excluding hydrogens is 613 g/mol. The summed E-state index contributed by atoms with van der Waals surface area (Å²) in [6, 6.07) is 41.3. The van der Waals surface area contributed by atoms with Crippen LogP contribution in [-0.2, 0) is 0 Å². The molecule has 0 amide bonds. The highest BCUT2D eigenvalue weighted by Crippen LogP contribution is 2.51. The number of nitrogens with two attached hydrogens (primary N) is 1. The van der Waals surface area contributed by atoms with Crippen LogP contribution < -0.4 is 20.9 Å². The molecule has 5 heterocycles. The molecule has 0 radical (unpaired) electrons. The Bertz CT molecular complexity index is 2510. The number of fused-ring (bicyclic) bond motifs is 7. The first-order chi connectivity index (χ1) is 24.7. The van der Waals surface area contributed by atoms with Gasteiger partial charge in [0.2, 0.25) is 0 Å². The summed E-state index contributed by atoms with van der Waals surface area (Å²) in [6.07, 6.45) is 14.6. The summed E-state index contributed by atoms with van der Waals surface area (Å²) < 4.78 is 2.14. The van der Waals surface area contributed by atoms with Crippen LogP contribution in [0.5, 0.6) is 0 Å². The van der Waals surface area contributed by atoms with E-state index in [4.69, 9.17) is 10.7 Å². The number of nitrogens with one attached hydrogen (secondary N) is 1. The van der Waals surface area contributed by atoms with Crippen molar-refractivity contribution < 1.29 is 0 Å². The highest BCUT2D eigenvalue weighted by Gasteiger charge is 2.39. The largest absolute Gasteiger partial charge is 0.384 e. The SMILES string of the molecule is C/C=C\c1c(N)n(-c2ccccc2)c2ccc(-c3cccc(N4c5ccc(N6c7ccccc7C7=CC=CNC76)cc5C5=CC=NC54)c3)cc12. The normalized spacial score (nSPS) is 18.3. The van der Waals surface area contributed by atoms with Gasteiger partial charge in [-0.05, 0) is 97.1 Å². The Morgan fingerprint density at radius 1 is 0.700 bits per heavy atom. The van der Waals surface area contributed by atoms with Crippen LogP contribution in [0.4, 0.5) is 28.6 Å². The molecule has 10 rings (SSSR count). The second kappa shape index (κ2) is 11.0. The third kappa shape index (κ3) is 4.12. The number of anilines is 5. The molecule has 2 unspecified atom stereocenters. The van der Waals surface area contributed by atoms with Gasteiger partial charge in [-0.15, -0.1) is 0 Å². The Labute approximate surface area is 291 Å².